The number of ether oxygens (including phenoxy) is 2. The van der Waals surface area contributed by atoms with Crippen LogP contribution in [0.3, 0.4) is 0 Å². The summed E-state index contributed by atoms with van der Waals surface area (Å²) in [6.45, 7) is 2.05. The molecular formula is C17H20BrNO2. The van der Waals surface area contributed by atoms with Crippen molar-refractivity contribution in [3.63, 3.8) is 0 Å². The Hall–Kier alpha value is -1.52. The van der Waals surface area contributed by atoms with Crippen LogP contribution >= 0.6 is 15.9 Å². The van der Waals surface area contributed by atoms with Gasteiger partial charge in [0.1, 0.15) is 11.5 Å². The molecular weight excluding hydrogens is 330 g/mol. The standard InChI is InChI=1S/C17H20BrNO2/c1-11-9-16(21-4)13(10-14(11)18)17(19-2)12-7-5-6-8-15(12)20-3/h5-10,17,19H,1-4H3. The zero-order valence-electron chi connectivity index (χ0n) is 12.7. The van der Waals surface area contributed by atoms with Gasteiger partial charge in [0.2, 0.25) is 0 Å². The quantitative estimate of drug-likeness (QED) is 0.881. The zero-order valence-corrected chi connectivity index (χ0v) is 14.3. The predicted octanol–water partition coefficient (Wildman–Crippen LogP) is 4.08. The Kier molecular flexibility index (Phi) is 5.26. The van der Waals surface area contributed by atoms with E-state index in [9.17, 15) is 0 Å². The topological polar surface area (TPSA) is 30.5 Å². The summed E-state index contributed by atoms with van der Waals surface area (Å²) in [6.07, 6.45) is 0. The zero-order chi connectivity index (χ0) is 15.4. The van der Waals surface area contributed by atoms with Crippen molar-refractivity contribution in [3.8, 4) is 11.5 Å². The van der Waals surface area contributed by atoms with Crippen LogP contribution in [0, 0.1) is 6.92 Å². The highest BCUT2D eigenvalue weighted by Gasteiger charge is 2.21. The third-order valence-electron chi connectivity index (χ3n) is 3.56. The molecule has 0 saturated carbocycles. The fourth-order valence-electron chi connectivity index (χ4n) is 2.46. The van der Waals surface area contributed by atoms with Gasteiger partial charge >= 0.3 is 0 Å². The van der Waals surface area contributed by atoms with Crippen LogP contribution in [0.25, 0.3) is 0 Å². The summed E-state index contributed by atoms with van der Waals surface area (Å²) in [5.41, 5.74) is 3.30. The summed E-state index contributed by atoms with van der Waals surface area (Å²) in [4.78, 5) is 0. The van der Waals surface area contributed by atoms with Gasteiger partial charge in [-0.05, 0) is 37.7 Å². The number of benzene rings is 2. The van der Waals surface area contributed by atoms with Gasteiger partial charge < -0.3 is 14.8 Å². The van der Waals surface area contributed by atoms with E-state index < -0.39 is 0 Å². The van der Waals surface area contributed by atoms with Crippen molar-refractivity contribution < 1.29 is 9.47 Å². The van der Waals surface area contributed by atoms with Crippen LogP contribution in [0.5, 0.6) is 11.5 Å². The molecule has 3 nitrogen and oxygen atoms in total. The van der Waals surface area contributed by atoms with Crippen LogP contribution in [0.4, 0.5) is 0 Å². The molecule has 2 aromatic rings. The highest BCUT2D eigenvalue weighted by atomic mass is 79.9. The van der Waals surface area contributed by atoms with Crippen LogP contribution in [-0.4, -0.2) is 21.3 Å². The number of nitrogens with one attached hydrogen (secondary N) is 1. The first-order chi connectivity index (χ1) is 10.1. The first-order valence-corrected chi connectivity index (χ1v) is 7.55. The van der Waals surface area contributed by atoms with E-state index in [0.29, 0.717) is 0 Å². The molecule has 0 aliphatic carbocycles. The summed E-state index contributed by atoms with van der Waals surface area (Å²) in [7, 11) is 5.32. The van der Waals surface area contributed by atoms with Crippen molar-refractivity contribution in [2.75, 3.05) is 21.3 Å². The largest absolute Gasteiger partial charge is 0.496 e. The summed E-state index contributed by atoms with van der Waals surface area (Å²) < 4.78 is 12.1. The molecule has 0 radical (unpaired) electrons. The van der Waals surface area contributed by atoms with Gasteiger partial charge in [-0.3, -0.25) is 0 Å². The minimum absolute atomic E-state index is 0.00648. The van der Waals surface area contributed by atoms with Gasteiger partial charge in [0, 0.05) is 15.6 Å². The Bertz CT molecular complexity index is 628. The molecule has 0 spiro atoms. The van der Waals surface area contributed by atoms with Gasteiger partial charge in [0.15, 0.2) is 0 Å². The minimum Gasteiger partial charge on any atom is -0.496 e. The van der Waals surface area contributed by atoms with Gasteiger partial charge in [-0.25, -0.2) is 0 Å². The van der Waals surface area contributed by atoms with Gasteiger partial charge in [0.25, 0.3) is 0 Å². The lowest BCUT2D eigenvalue weighted by Gasteiger charge is -2.22. The Morgan fingerprint density at radius 2 is 1.67 bits per heavy atom. The molecule has 0 aliphatic rings. The van der Waals surface area contributed by atoms with E-state index in [1.807, 2.05) is 38.2 Å². The van der Waals surface area contributed by atoms with E-state index >= 15 is 0 Å². The van der Waals surface area contributed by atoms with Crippen LogP contribution < -0.4 is 14.8 Å². The van der Waals surface area contributed by atoms with E-state index in [2.05, 4.69) is 33.4 Å². The highest BCUT2D eigenvalue weighted by Crippen LogP contribution is 2.37. The third-order valence-corrected chi connectivity index (χ3v) is 4.41. The molecule has 1 unspecified atom stereocenters. The van der Waals surface area contributed by atoms with Crippen LogP contribution in [0.1, 0.15) is 22.7 Å². The summed E-state index contributed by atoms with van der Waals surface area (Å²) in [6, 6.07) is 12.1. The van der Waals surface area contributed by atoms with E-state index in [4.69, 9.17) is 9.47 Å². The Morgan fingerprint density at radius 3 is 2.29 bits per heavy atom. The van der Waals surface area contributed by atoms with Crippen molar-refractivity contribution in [3.05, 3.63) is 57.6 Å². The summed E-state index contributed by atoms with van der Waals surface area (Å²) in [5, 5.41) is 3.35. The van der Waals surface area contributed by atoms with Gasteiger partial charge in [-0.2, -0.15) is 0 Å². The third kappa shape index (κ3) is 3.22. The molecule has 0 bridgehead atoms. The van der Waals surface area contributed by atoms with Crippen molar-refractivity contribution >= 4 is 15.9 Å². The molecule has 0 aliphatic heterocycles. The first-order valence-electron chi connectivity index (χ1n) is 6.76. The SMILES string of the molecule is CNC(c1ccccc1OC)c1cc(Br)c(C)cc1OC. The van der Waals surface area contributed by atoms with Crippen LogP contribution in [-0.2, 0) is 0 Å². The van der Waals surface area contributed by atoms with E-state index in [0.717, 1.165) is 32.7 Å². The minimum atomic E-state index is -0.00648. The van der Waals surface area contributed by atoms with Crippen LogP contribution in [0.2, 0.25) is 0 Å². The lowest BCUT2D eigenvalue weighted by Crippen LogP contribution is -2.19. The molecule has 0 saturated heterocycles. The summed E-state index contributed by atoms with van der Waals surface area (Å²) >= 11 is 3.60. The molecule has 2 aromatic carbocycles. The second-order valence-electron chi connectivity index (χ2n) is 4.81. The molecule has 112 valence electrons. The number of rotatable bonds is 5. The van der Waals surface area contributed by atoms with Crippen LogP contribution in [0.15, 0.2) is 40.9 Å². The first kappa shape index (κ1) is 15.9. The molecule has 0 amide bonds. The molecule has 21 heavy (non-hydrogen) atoms. The van der Waals surface area contributed by atoms with Gasteiger partial charge in [-0.1, -0.05) is 34.1 Å². The number of methoxy groups -OCH3 is 2. The molecule has 2 rings (SSSR count). The van der Waals surface area contributed by atoms with Gasteiger partial charge in [0.05, 0.1) is 20.3 Å². The van der Waals surface area contributed by atoms with Crippen molar-refractivity contribution in [2.24, 2.45) is 0 Å². The van der Waals surface area contributed by atoms with Crippen molar-refractivity contribution in [1.29, 1.82) is 0 Å². The number of para-hydroxylation sites is 1. The number of hydrogen-bond donors (Lipinski definition) is 1. The monoisotopic (exact) mass is 349 g/mol. The maximum atomic E-state index is 5.56. The number of halogens is 1. The molecule has 0 heterocycles. The molecule has 4 heteroatoms. The maximum absolute atomic E-state index is 5.56. The Balaban J connectivity index is 2.58. The Labute approximate surface area is 134 Å². The number of aryl methyl sites for hydroxylation is 1. The van der Waals surface area contributed by atoms with Crippen molar-refractivity contribution in [2.45, 2.75) is 13.0 Å². The second kappa shape index (κ2) is 6.96. The molecule has 1 atom stereocenters. The lowest BCUT2D eigenvalue weighted by atomic mass is 9.96. The highest BCUT2D eigenvalue weighted by molar-refractivity contribution is 9.10. The smallest absolute Gasteiger partial charge is 0.124 e. The van der Waals surface area contributed by atoms with E-state index in [1.165, 1.54) is 0 Å². The lowest BCUT2D eigenvalue weighted by molar-refractivity contribution is 0.395. The van der Waals surface area contributed by atoms with Gasteiger partial charge in [-0.15, -0.1) is 0 Å². The van der Waals surface area contributed by atoms with E-state index in [-0.39, 0.29) is 6.04 Å². The number of hydrogen-bond acceptors (Lipinski definition) is 3. The Morgan fingerprint density at radius 1 is 1.00 bits per heavy atom. The normalized spacial score (nSPS) is 12.0. The summed E-state index contributed by atoms with van der Waals surface area (Å²) in [5.74, 6) is 1.72. The molecule has 0 fully saturated rings. The maximum Gasteiger partial charge on any atom is 0.124 e. The second-order valence-corrected chi connectivity index (χ2v) is 5.66. The average molecular weight is 350 g/mol. The predicted molar refractivity (Wildman–Crippen MR) is 89.3 cm³/mol. The molecule has 1 N–H and O–H groups in total. The fraction of sp³-hybridized carbons (Fsp3) is 0.294. The van der Waals surface area contributed by atoms with Crippen molar-refractivity contribution in [1.82, 2.24) is 5.32 Å². The average Bonchev–Trinajstić information content (AvgIpc) is 2.51. The van der Waals surface area contributed by atoms with E-state index in [1.54, 1.807) is 14.2 Å². The fourth-order valence-corrected chi connectivity index (χ4v) is 2.82. The molecule has 0 aromatic heterocycles.